The molecule has 1 aliphatic rings. The molecule has 0 aromatic carbocycles. The molecule has 0 radical (unpaired) electrons. The highest BCUT2D eigenvalue weighted by molar-refractivity contribution is 8.77. The maximum atomic E-state index is 11.8. The standard InChI is InChI=1S/C16H27BN2O4S3/c1-16(2,6-5-12(17)20)26-25-9-3-4-13(21)18-7-8-19-14(22)10-11(24)15(19)23/h11,24H,3-10,17H2,1-2H3,(H,18,21). The summed E-state index contributed by atoms with van der Waals surface area (Å²) in [7, 11) is 5.08. The zero-order valence-corrected chi connectivity index (χ0v) is 18.1. The summed E-state index contributed by atoms with van der Waals surface area (Å²) in [5, 5.41) is 2.19. The first-order valence-electron chi connectivity index (χ1n) is 8.71. The molecule has 3 amide bonds. The van der Waals surface area contributed by atoms with Gasteiger partial charge >= 0.3 is 0 Å². The molecule has 6 nitrogen and oxygen atoms in total. The number of hydrogen-bond acceptors (Lipinski definition) is 7. The number of hydrogen-bond donors (Lipinski definition) is 2. The third-order valence-corrected chi connectivity index (χ3v) is 7.71. The lowest BCUT2D eigenvalue weighted by Crippen LogP contribution is -2.38. The van der Waals surface area contributed by atoms with E-state index >= 15 is 0 Å². The first-order chi connectivity index (χ1) is 12.1. The molecular weight excluding hydrogens is 391 g/mol. The number of nitrogens with one attached hydrogen (secondary N) is 1. The molecule has 146 valence electrons. The Balaban J connectivity index is 2.09. The van der Waals surface area contributed by atoms with Gasteiger partial charge in [0, 0.05) is 36.4 Å². The number of imide groups is 1. The summed E-state index contributed by atoms with van der Waals surface area (Å²) in [6.45, 7) is 4.72. The van der Waals surface area contributed by atoms with Gasteiger partial charge in [-0.15, -0.1) is 0 Å². The molecule has 1 unspecified atom stereocenters. The number of likely N-dealkylation sites (tertiary alicyclic amines) is 1. The predicted molar refractivity (Wildman–Crippen MR) is 113 cm³/mol. The first kappa shape index (κ1) is 23.4. The summed E-state index contributed by atoms with van der Waals surface area (Å²) >= 11 is 4.06. The van der Waals surface area contributed by atoms with Crippen molar-refractivity contribution in [1.82, 2.24) is 10.2 Å². The van der Waals surface area contributed by atoms with Crippen LogP contribution in [0.15, 0.2) is 0 Å². The fourth-order valence-corrected chi connectivity index (χ4v) is 5.26. The Hall–Kier alpha value is -0.605. The quantitative estimate of drug-likeness (QED) is 0.162. The van der Waals surface area contributed by atoms with Crippen LogP contribution in [0.1, 0.15) is 46.0 Å². The van der Waals surface area contributed by atoms with Crippen LogP contribution >= 0.6 is 34.2 Å². The van der Waals surface area contributed by atoms with E-state index in [4.69, 9.17) is 0 Å². The van der Waals surface area contributed by atoms with Crippen LogP contribution in [-0.2, 0) is 19.2 Å². The Morgan fingerprint density at radius 2 is 2.04 bits per heavy atom. The Labute approximate surface area is 169 Å². The van der Waals surface area contributed by atoms with E-state index in [-0.39, 0.29) is 47.7 Å². The van der Waals surface area contributed by atoms with Crippen molar-refractivity contribution in [2.75, 3.05) is 18.8 Å². The second-order valence-corrected chi connectivity index (χ2v) is 10.7. The third-order valence-electron chi connectivity index (χ3n) is 3.87. The summed E-state index contributed by atoms with van der Waals surface area (Å²) in [5.74, 6) is 0.262. The summed E-state index contributed by atoms with van der Waals surface area (Å²) < 4.78 is 0.0399. The normalized spacial score (nSPS) is 17.7. The van der Waals surface area contributed by atoms with Crippen molar-refractivity contribution in [3.63, 3.8) is 0 Å². The topological polar surface area (TPSA) is 83.6 Å². The average molecular weight is 418 g/mol. The highest BCUT2D eigenvalue weighted by Crippen LogP contribution is 2.39. The van der Waals surface area contributed by atoms with Crippen LogP contribution in [-0.4, -0.2) is 65.0 Å². The molecule has 0 spiro atoms. The van der Waals surface area contributed by atoms with Gasteiger partial charge in [0.15, 0.2) is 7.85 Å². The molecule has 1 heterocycles. The van der Waals surface area contributed by atoms with Crippen LogP contribution in [0.4, 0.5) is 0 Å². The fourth-order valence-electron chi connectivity index (χ4n) is 2.31. The Morgan fingerprint density at radius 1 is 1.35 bits per heavy atom. The Kier molecular flexibility index (Phi) is 10.2. The number of nitrogens with zero attached hydrogens (tertiary/aromatic N) is 1. The van der Waals surface area contributed by atoms with Crippen LogP contribution in [0, 0.1) is 0 Å². The van der Waals surface area contributed by atoms with E-state index in [0.717, 1.165) is 23.5 Å². The molecule has 26 heavy (non-hydrogen) atoms. The van der Waals surface area contributed by atoms with Gasteiger partial charge < -0.3 is 10.1 Å². The first-order valence-corrected chi connectivity index (χ1v) is 11.5. The van der Waals surface area contributed by atoms with Gasteiger partial charge in [0.1, 0.15) is 0 Å². The van der Waals surface area contributed by atoms with E-state index < -0.39 is 5.25 Å². The number of carbonyl (C=O) groups is 4. The lowest BCUT2D eigenvalue weighted by atomic mass is 9.94. The van der Waals surface area contributed by atoms with E-state index in [1.807, 2.05) is 0 Å². The summed E-state index contributed by atoms with van der Waals surface area (Å²) in [5.41, 5.74) is 0.211. The van der Waals surface area contributed by atoms with E-state index in [2.05, 4.69) is 31.8 Å². The maximum absolute atomic E-state index is 11.8. The summed E-state index contributed by atoms with van der Waals surface area (Å²) in [4.78, 5) is 47.3. The van der Waals surface area contributed by atoms with E-state index in [1.165, 1.54) is 0 Å². The SMILES string of the molecule is BC(=O)CCC(C)(C)SSCCCC(=O)NCCN1C(=O)CC(S)C1=O. The molecular formula is C16H27BN2O4S3. The molecule has 0 aromatic heterocycles. The second kappa shape index (κ2) is 11.3. The molecule has 1 atom stereocenters. The van der Waals surface area contributed by atoms with Gasteiger partial charge in [0.25, 0.3) is 0 Å². The van der Waals surface area contributed by atoms with Gasteiger partial charge in [-0.1, -0.05) is 21.6 Å². The molecule has 1 fully saturated rings. The van der Waals surface area contributed by atoms with Crippen molar-refractivity contribution >= 4 is 65.5 Å². The van der Waals surface area contributed by atoms with E-state index in [1.54, 1.807) is 29.4 Å². The number of rotatable bonds is 12. The number of amides is 3. The zero-order chi connectivity index (χ0) is 19.7. The molecule has 1 N–H and O–H groups in total. The average Bonchev–Trinajstić information content (AvgIpc) is 2.79. The highest BCUT2D eigenvalue weighted by Gasteiger charge is 2.35. The molecule has 0 bridgehead atoms. The third kappa shape index (κ3) is 8.86. The van der Waals surface area contributed by atoms with Crippen LogP contribution in [0.2, 0.25) is 0 Å². The van der Waals surface area contributed by atoms with Gasteiger partial charge in [-0.25, -0.2) is 0 Å². The van der Waals surface area contributed by atoms with Gasteiger partial charge in [0.05, 0.1) is 10.9 Å². The lowest BCUT2D eigenvalue weighted by Gasteiger charge is -2.22. The molecule has 1 saturated heterocycles. The summed E-state index contributed by atoms with van der Waals surface area (Å²) in [6, 6.07) is 0. The van der Waals surface area contributed by atoms with Crippen molar-refractivity contribution in [1.29, 1.82) is 0 Å². The highest BCUT2D eigenvalue weighted by atomic mass is 33.1. The van der Waals surface area contributed by atoms with Crippen LogP contribution < -0.4 is 5.32 Å². The number of thiol groups is 1. The minimum absolute atomic E-state index is 0.0399. The predicted octanol–water partition coefficient (Wildman–Crippen LogP) is 1.04. The van der Waals surface area contributed by atoms with E-state index in [0.29, 0.717) is 12.8 Å². The molecule has 0 aliphatic carbocycles. The Morgan fingerprint density at radius 3 is 2.62 bits per heavy atom. The smallest absolute Gasteiger partial charge is 0.242 e. The second-order valence-electron chi connectivity index (χ2n) is 6.92. The van der Waals surface area contributed by atoms with Crippen molar-refractivity contribution in [3.05, 3.63) is 0 Å². The molecule has 0 aromatic rings. The minimum atomic E-state index is -0.549. The van der Waals surface area contributed by atoms with E-state index in [9.17, 15) is 19.2 Å². The minimum Gasteiger partial charge on any atom is -0.354 e. The molecule has 0 saturated carbocycles. The Bertz CT molecular complexity index is 546. The summed E-state index contributed by atoms with van der Waals surface area (Å²) in [6.07, 6.45) is 2.75. The zero-order valence-electron chi connectivity index (χ0n) is 15.6. The lowest BCUT2D eigenvalue weighted by molar-refractivity contribution is -0.138. The van der Waals surface area contributed by atoms with Crippen molar-refractivity contribution in [2.45, 2.75) is 55.9 Å². The maximum Gasteiger partial charge on any atom is 0.242 e. The van der Waals surface area contributed by atoms with Crippen molar-refractivity contribution in [3.8, 4) is 0 Å². The van der Waals surface area contributed by atoms with Crippen LogP contribution in [0.25, 0.3) is 0 Å². The van der Waals surface area contributed by atoms with Crippen molar-refractivity contribution < 1.29 is 19.2 Å². The van der Waals surface area contributed by atoms with Crippen LogP contribution in [0.5, 0.6) is 0 Å². The molecule has 1 aliphatic heterocycles. The van der Waals surface area contributed by atoms with Gasteiger partial charge in [-0.05, 0) is 33.1 Å². The molecule has 10 heteroatoms. The van der Waals surface area contributed by atoms with Gasteiger partial charge in [-0.3, -0.25) is 19.3 Å². The fraction of sp³-hybridized carbons (Fsp3) is 0.750. The number of carbonyl (C=O) groups excluding carboxylic acids is 4. The van der Waals surface area contributed by atoms with Gasteiger partial charge in [0.2, 0.25) is 17.7 Å². The molecule has 1 rings (SSSR count). The van der Waals surface area contributed by atoms with Gasteiger partial charge in [-0.2, -0.15) is 12.6 Å². The van der Waals surface area contributed by atoms with Crippen LogP contribution in [0.3, 0.4) is 0 Å². The monoisotopic (exact) mass is 418 g/mol. The largest absolute Gasteiger partial charge is 0.354 e. The van der Waals surface area contributed by atoms with Crippen molar-refractivity contribution in [2.24, 2.45) is 0 Å².